The van der Waals surface area contributed by atoms with E-state index in [4.69, 9.17) is 14.2 Å². The van der Waals surface area contributed by atoms with E-state index in [0.717, 1.165) is 42.6 Å². The fraction of sp³-hybridized carbons (Fsp3) is 0.312. The second-order valence-corrected chi connectivity index (χ2v) is 8.93. The lowest BCUT2D eigenvalue weighted by Crippen LogP contribution is -2.13. The third kappa shape index (κ3) is 9.26. The van der Waals surface area contributed by atoms with Gasteiger partial charge in [0.25, 0.3) is 0 Å². The second-order valence-electron chi connectivity index (χ2n) is 8.93. The molecule has 0 spiro atoms. The fourth-order valence-corrected chi connectivity index (χ4v) is 4.22. The number of aryl methyl sites for hydroxylation is 1. The Morgan fingerprint density at radius 2 is 1.54 bits per heavy atom. The maximum atomic E-state index is 12.2. The van der Waals surface area contributed by atoms with Gasteiger partial charge in [-0.25, -0.2) is 4.79 Å². The van der Waals surface area contributed by atoms with Crippen molar-refractivity contribution in [3.63, 3.8) is 0 Å². The van der Waals surface area contributed by atoms with Crippen molar-refractivity contribution < 1.29 is 23.8 Å². The zero-order chi connectivity index (χ0) is 26.3. The van der Waals surface area contributed by atoms with Crippen LogP contribution in [-0.2, 0) is 27.1 Å². The zero-order valence-electron chi connectivity index (χ0n) is 21.7. The molecule has 0 aliphatic heterocycles. The van der Waals surface area contributed by atoms with Crippen LogP contribution in [0.15, 0.2) is 84.9 Å². The highest BCUT2D eigenvalue weighted by Gasteiger charge is 2.17. The number of ether oxygens (including phenoxy) is 3. The van der Waals surface area contributed by atoms with Crippen LogP contribution in [0.1, 0.15) is 52.7 Å². The van der Waals surface area contributed by atoms with E-state index in [1.807, 2.05) is 54.6 Å². The Balaban J connectivity index is 1.61. The standard InChI is InChI=1S/C32H36O5/c1-35-31(33)24-26(23-28-17-8-10-18-29(28)32(34)36-2)20-21-27-16-9-11-19-30(27)37-22-12-4-7-15-25-13-5-3-6-14-25/h3,5-6,8-11,13-14,16-21,26H,4,7,12,15,22-24H2,1-2H3. The number of hydrogen-bond acceptors (Lipinski definition) is 5. The van der Waals surface area contributed by atoms with E-state index in [0.29, 0.717) is 18.6 Å². The largest absolute Gasteiger partial charge is 0.493 e. The molecule has 3 aromatic rings. The van der Waals surface area contributed by atoms with Crippen molar-refractivity contribution in [1.29, 1.82) is 0 Å². The number of unbranched alkanes of at least 4 members (excludes halogenated alkanes) is 2. The molecule has 1 atom stereocenters. The third-order valence-corrected chi connectivity index (χ3v) is 6.24. The molecule has 0 saturated carbocycles. The Morgan fingerprint density at radius 1 is 0.811 bits per heavy atom. The fourth-order valence-electron chi connectivity index (χ4n) is 4.22. The topological polar surface area (TPSA) is 61.8 Å². The number of allylic oxidation sites excluding steroid dienone is 1. The van der Waals surface area contributed by atoms with Crippen LogP contribution in [0.5, 0.6) is 5.75 Å². The molecule has 5 nitrogen and oxygen atoms in total. The molecule has 3 aromatic carbocycles. The third-order valence-electron chi connectivity index (χ3n) is 6.24. The van der Waals surface area contributed by atoms with Crippen molar-refractivity contribution in [1.82, 2.24) is 0 Å². The van der Waals surface area contributed by atoms with Crippen LogP contribution in [-0.4, -0.2) is 32.8 Å². The molecule has 0 aromatic heterocycles. The first-order chi connectivity index (χ1) is 18.1. The molecule has 0 bridgehead atoms. The van der Waals surface area contributed by atoms with Crippen LogP contribution < -0.4 is 4.74 Å². The summed E-state index contributed by atoms with van der Waals surface area (Å²) >= 11 is 0. The summed E-state index contributed by atoms with van der Waals surface area (Å²) in [6.07, 6.45) is 8.99. The van der Waals surface area contributed by atoms with Gasteiger partial charge in [0.15, 0.2) is 0 Å². The van der Waals surface area contributed by atoms with Crippen LogP contribution in [0.4, 0.5) is 0 Å². The molecule has 0 amide bonds. The van der Waals surface area contributed by atoms with Gasteiger partial charge in [-0.3, -0.25) is 4.79 Å². The molecule has 37 heavy (non-hydrogen) atoms. The van der Waals surface area contributed by atoms with Gasteiger partial charge in [-0.15, -0.1) is 0 Å². The lowest BCUT2D eigenvalue weighted by atomic mass is 9.92. The summed E-state index contributed by atoms with van der Waals surface area (Å²) in [7, 11) is 2.75. The van der Waals surface area contributed by atoms with E-state index < -0.39 is 0 Å². The van der Waals surface area contributed by atoms with E-state index in [1.54, 1.807) is 12.1 Å². The normalized spacial score (nSPS) is 11.7. The minimum Gasteiger partial charge on any atom is -0.493 e. The Bertz CT molecular complexity index is 1150. The quantitative estimate of drug-likeness (QED) is 0.182. The number of para-hydroxylation sites is 1. The number of benzene rings is 3. The van der Waals surface area contributed by atoms with Crippen LogP contribution in [0.25, 0.3) is 6.08 Å². The number of methoxy groups -OCH3 is 2. The SMILES string of the molecule is COC(=O)CC(C=Cc1ccccc1OCCCCCc1ccccc1)Cc1ccccc1C(=O)OC. The average molecular weight is 501 g/mol. The van der Waals surface area contributed by atoms with Crippen molar-refractivity contribution in [3.8, 4) is 5.75 Å². The van der Waals surface area contributed by atoms with Gasteiger partial charge < -0.3 is 14.2 Å². The van der Waals surface area contributed by atoms with Crippen LogP contribution in [0.3, 0.4) is 0 Å². The summed E-state index contributed by atoms with van der Waals surface area (Å²) in [6, 6.07) is 25.7. The minimum atomic E-state index is -0.390. The predicted octanol–water partition coefficient (Wildman–Crippen LogP) is 6.70. The van der Waals surface area contributed by atoms with Crippen LogP contribution in [0, 0.1) is 5.92 Å². The van der Waals surface area contributed by atoms with Gasteiger partial charge in [0.05, 0.1) is 32.8 Å². The van der Waals surface area contributed by atoms with Gasteiger partial charge in [0.2, 0.25) is 0 Å². The first-order valence-corrected chi connectivity index (χ1v) is 12.8. The molecule has 5 heteroatoms. The maximum Gasteiger partial charge on any atom is 0.338 e. The molecule has 0 fully saturated rings. The Morgan fingerprint density at radius 3 is 2.32 bits per heavy atom. The molecule has 0 aliphatic rings. The van der Waals surface area contributed by atoms with E-state index in [9.17, 15) is 9.59 Å². The van der Waals surface area contributed by atoms with Crippen molar-refractivity contribution in [2.45, 2.75) is 38.5 Å². The Labute approximate surface area is 220 Å². The van der Waals surface area contributed by atoms with Crippen LogP contribution in [0.2, 0.25) is 0 Å². The average Bonchev–Trinajstić information content (AvgIpc) is 2.94. The predicted molar refractivity (Wildman–Crippen MR) is 147 cm³/mol. The molecular formula is C32H36O5. The van der Waals surface area contributed by atoms with E-state index in [1.165, 1.54) is 19.8 Å². The molecule has 0 saturated heterocycles. The van der Waals surface area contributed by atoms with Crippen molar-refractivity contribution in [2.75, 3.05) is 20.8 Å². The first kappa shape index (κ1) is 27.7. The number of hydrogen-bond donors (Lipinski definition) is 0. The number of rotatable bonds is 14. The van der Waals surface area contributed by atoms with Gasteiger partial charge in [-0.2, -0.15) is 0 Å². The van der Waals surface area contributed by atoms with E-state index in [2.05, 4.69) is 24.3 Å². The summed E-state index contributed by atoms with van der Waals surface area (Å²) in [4.78, 5) is 24.3. The number of esters is 2. The number of carbonyl (C=O) groups is 2. The van der Waals surface area contributed by atoms with E-state index in [-0.39, 0.29) is 24.3 Å². The Kier molecular flexibility index (Phi) is 11.5. The number of carbonyl (C=O) groups excluding carboxylic acids is 2. The van der Waals surface area contributed by atoms with Gasteiger partial charge in [-0.1, -0.05) is 78.9 Å². The highest BCUT2D eigenvalue weighted by Crippen LogP contribution is 2.24. The highest BCUT2D eigenvalue weighted by molar-refractivity contribution is 5.91. The first-order valence-electron chi connectivity index (χ1n) is 12.8. The summed E-state index contributed by atoms with van der Waals surface area (Å²) < 4.78 is 15.9. The second kappa shape index (κ2) is 15.3. The molecule has 0 heterocycles. The zero-order valence-corrected chi connectivity index (χ0v) is 21.7. The summed E-state index contributed by atoms with van der Waals surface area (Å²) in [5, 5.41) is 0. The van der Waals surface area contributed by atoms with Gasteiger partial charge in [-0.05, 0) is 61.3 Å². The highest BCUT2D eigenvalue weighted by atomic mass is 16.5. The molecule has 0 aliphatic carbocycles. The van der Waals surface area contributed by atoms with Crippen molar-refractivity contribution in [2.24, 2.45) is 5.92 Å². The molecule has 0 radical (unpaired) electrons. The van der Waals surface area contributed by atoms with Crippen LogP contribution >= 0.6 is 0 Å². The van der Waals surface area contributed by atoms with Gasteiger partial charge in [0, 0.05) is 5.56 Å². The lowest BCUT2D eigenvalue weighted by molar-refractivity contribution is -0.141. The molecule has 194 valence electrons. The molecule has 1 unspecified atom stereocenters. The molecular weight excluding hydrogens is 464 g/mol. The van der Waals surface area contributed by atoms with Gasteiger partial charge >= 0.3 is 11.9 Å². The lowest BCUT2D eigenvalue weighted by Gasteiger charge is -2.15. The van der Waals surface area contributed by atoms with Crippen molar-refractivity contribution in [3.05, 3.63) is 107 Å². The summed E-state index contributed by atoms with van der Waals surface area (Å²) in [5.74, 6) is -0.0398. The van der Waals surface area contributed by atoms with Gasteiger partial charge in [0.1, 0.15) is 5.75 Å². The monoisotopic (exact) mass is 500 g/mol. The Hall–Kier alpha value is -3.86. The van der Waals surface area contributed by atoms with Crippen molar-refractivity contribution >= 4 is 18.0 Å². The summed E-state index contributed by atoms with van der Waals surface area (Å²) in [6.45, 7) is 0.651. The summed E-state index contributed by atoms with van der Waals surface area (Å²) in [5.41, 5.74) is 3.65. The molecule has 3 rings (SSSR count). The maximum absolute atomic E-state index is 12.2. The van der Waals surface area contributed by atoms with E-state index >= 15 is 0 Å². The minimum absolute atomic E-state index is 0.163. The smallest absolute Gasteiger partial charge is 0.338 e. The molecule has 0 N–H and O–H groups in total.